The predicted octanol–water partition coefficient (Wildman–Crippen LogP) is 2.24. The number of nitrogens with zero attached hydrogens (tertiary/aromatic N) is 1. The summed E-state index contributed by atoms with van der Waals surface area (Å²) in [5.74, 6) is 0.602. The van der Waals surface area contributed by atoms with E-state index in [0.717, 1.165) is 24.6 Å². The van der Waals surface area contributed by atoms with Crippen LogP contribution >= 0.6 is 15.9 Å². The Morgan fingerprint density at radius 1 is 1.44 bits per heavy atom. The Balaban J connectivity index is 2.45. The minimum atomic E-state index is -3.14. The van der Waals surface area contributed by atoms with E-state index >= 15 is 0 Å². The Labute approximate surface area is 119 Å². The second kappa shape index (κ2) is 7.82. The van der Waals surface area contributed by atoms with Gasteiger partial charge in [0.15, 0.2) is 0 Å². The van der Waals surface area contributed by atoms with Crippen LogP contribution in [0.3, 0.4) is 0 Å². The highest BCUT2D eigenvalue weighted by atomic mass is 79.9. The lowest BCUT2D eigenvalue weighted by Crippen LogP contribution is -2.42. The van der Waals surface area contributed by atoms with Gasteiger partial charge in [-0.3, -0.25) is 0 Å². The first-order valence-electron chi connectivity index (χ1n) is 6.61. The van der Waals surface area contributed by atoms with Crippen LogP contribution in [0, 0.1) is 5.92 Å². The van der Waals surface area contributed by atoms with Crippen LogP contribution in [0.15, 0.2) is 0 Å². The van der Waals surface area contributed by atoms with Gasteiger partial charge < -0.3 is 4.74 Å². The minimum absolute atomic E-state index is 0.0858. The fourth-order valence-electron chi connectivity index (χ4n) is 2.19. The standard InChI is InChI=1S/C12H24BrNO3S/c1-11(2)17-8-9-18(15,16)14-7-3-4-12(10-14)5-6-13/h11-12H,3-10H2,1-2H3. The summed E-state index contributed by atoms with van der Waals surface area (Å²) < 4.78 is 31.3. The first kappa shape index (κ1) is 16.4. The molecule has 1 saturated heterocycles. The monoisotopic (exact) mass is 341 g/mol. The molecular weight excluding hydrogens is 318 g/mol. The SMILES string of the molecule is CC(C)OCCS(=O)(=O)N1CCCC(CCBr)C1. The summed E-state index contributed by atoms with van der Waals surface area (Å²) in [6.07, 6.45) is 3.25. The van der Waals surface area contributed by atoms with Gasteiger partial charge in [0.05, 0.1) is 18.5 Å². The van der Waals surface area contributed by atoms with Crippen LogP contribution in [0.2, 0.25) is 0 Å². The Morgan fingerprint density at radius 3 is 2.78 bits per heavy atom. The maximum atomic E-state index is 12.2. The molecule has 4 nitrogen and oxygen atoms in total. The van der Waals surface area contributed by atoms with Gasteiger partial charge in [-0.15, -0.1) is 0 Å². The average molecular weight is 342 g/mol. The highest BCUT2D eigenvalue weighted by molar-refractivity contribution is 9.09. The second-order valence-corrected chi connectivity index (χ2v) is 7.96. The molecule has 1 rings (SSSR count). The largest absolute Gasteiger partial charge is 0.378 e. The van der Waals surface area contributed by atoms with E-state index in [2.05, 4.69) is 15.9 Å². The third kappa shape index (κ3) is 5.55. The number of ether oxygens (including phenoxy) is 1. The van der Waals surface area contributed by atoms with Crippen LogP contribution in [0.1, 0.15) is 33.1 Å². The van der Waals surface area contributed by atoms with Crippen molar-refractivity contribution in [3.05, 3.63) is 0 Å². The Kier molecular flexibility index (Phi) is 7.13. The molecular formula is C12H24BrNO3S. The molecule has 0 bridgehead atoms. The molecule has 18 heavy (non-hydrogen) atoms. The topological polar surface area (TPSA) is 46.6 Å². The van der Waals surface area contributed by atoms with Gasteiger partial charge in [-0.1, -0.05) is 15.9 Å². The van der Waals surface area contributed by atoms with E-state index in [0.29, 0.717) is 25.6 Å². The van der Waals surface area contributed by atoms with E-state index in [1.165, 1.54) is 0 Å². The van der Waals surface area contributed by atoms with Crippen molar-refractivity contribution in [3.63, 3.8) is 0 Å². The number of hydrogen-bond donors (Lipinski definition) is 0. The van der Waals surface area contributed by atoms with Gasteiger partial charge in [0.1, 0.15) is 0 Å². The maximum absolute atomic E-state index is 12.2. The van der Waals surface area contributed by atoms with E-state index in [-0.39, 0.29) is 11.9 Å². The third-order valence-corrected chi connectivity index (χ3v) is 5.44. The molecule has 1 aliphatic rings. The van der Waals surface area contributed by atoms with Crippen molar-refractivity contribution in [2.45, 2.75) is 39.2 Å². The highest BCUT2D eigenvalue weighted by Crippen LogP contribution is 2.22. The molecule has 6 heteroatoms. The van der Waals surface area contributed by atoms with Gasteiger partial charge >= 0.3 is 0 Å². The van der Waals surface area contributed by atoms with Crippen molar-refractivity contribution in [1.82, 2.24) is 4.31 Å². The number of sulfonamides is 1. The average Bonchev–Trinajstić information content (AvgIpc) is 2.29. The van der Waals surface area contributed by atoms with E-state index in [9.17, 15) is 8.42 Å². The molecule has 0 aromatic rings. The first-order valence-corrected chi connectivity index (χ1v) is 9.34. The summed E-state index contributed by atoms with van der Waals surface area (Å²) in [6, 6.07) is 0. The summed E-state index contributed by atoms with van der Waals surface area (Å²) in [5.41, 5.74) is 0. The lowest BCUT2D eigenvalue weighted by atomic mass is 9.97. The number of halogens is 1. The van der Waals surface area contributed by atoms with Crippen molar-refractivity contribution >= 4 is 26.0 Å². The van der Waals surface area contributed by atoms with Gasteiger partial charge in [0, 0.05) is 18.4 Å². The van der Waals surface area contributed by atoms with Gasteiger partial charge in [-0.2, -0.15) is 0 Å². The second-order valence-electron chi connectivity index (χ2n) is 5.08. The van der Waals surface area contributed by atoms with E-state index in [4.69, 9.17) is 4.74 Å². The van der Waals surface area contributed by atoms with E-state index in [1.807, 2.05) is 13.8 Å². The smallest absolute Gasteiger partial charge is 0.216 e. The Hall–Kier alpha value is 0.350. The zero-order valence-corrected chi connectivity index (χ0v) is 13.7. The molecule has 0 aromatic heterocycles. The molecule has 1 heterocycles. The van der Waals surface area contributed by atoms with Crippen molar-refractivity contribution < 1.29 is 13.2 Å². The molecule has 0 saturated carbocycles. The van der Waals surface area contributed by atoms with Crippen LogP contribution in [-0.2, 0) is 14.8 Å². The summed E-state index contributed by atoms with van der Waals surface area (Å²) in [7, 11) is -3.14. The minimum Gasteiger partial charge on any atom is -0.378 e. The number of piperidine rings is 1. The molecule has 0 aliphatic carbocycles. The molecule has 1 unspecified atom stereocenters. The zero-order chi connectivity index (χ0) is 13.6. The van der Waals surface area contributed by atoms with Gasteiger partial charge in [0.2, 0.25) is 10.0 Å². The van der Waals surface area contributed by atoms with Gasteiger partial charge in [-0.05, 0) is 39.0 Å². The fourth-order valence-corrected chi connectivity index (χ4v) is 4.25. The Morgan fingerprint density at radius 2 is 2.17 bits per heavy atom. The summed E-state index contributed by atoms with van der Waals surface area (Å²) in [6.45, 7) is 5.47. The zero-order valence-electron chi connectivity index (χ0n) is 11.3. The molecule has 0 radical (unpaired) electrons. The number of rotatable bonds is 7. The highest BCUT2D eigenvalue weighted by Gasteiger charge is 2.28. The van der Waals surface area contributed by atoms with Crippen molar-refractivity contribution in [2.75, 3.05) is 30.8 Å². The lowest BCUT2D eigenvalue weighted by molar-refractivity contribution is 0.0904. The molecule has 1 fully saturated rings. The molecule has 0 N–H and O–H groups in total. The maximum Gasteiger partial charge on any atom is 0.216 e. The van der Waals surface area contributed by atoms with Crippen LogP contribution < -0.4 is 0 Å². The molecule has 108 valence electrons. The predicted molar refractivity (Wildman–Crippen MR) is 77.6 cm³/mol. The van der Waals surface area contributed by atoms with Crippen LogP contribution in [-0.4, -0.2) is 49.6 Å². The molecule has 1 atom stereocenters. The van der Waals surface area contributed by atoms with Crippen molar-refractivity contribution in [1.29, 1.82) is 0 Å². The lowest BCUT2D eigenvalue weighted by Gasteiger charge is -2.31. The fraction of sp³-hybridized carbons (Fsp3) is 1.00. The third-order valence-electron chi connectivity index (χ3n) is 3.18. The van der Waals surface area contributed by atoms with Crippen LogP contribution in [0.25, 0.3) is 0 Å². The summed E-state index contributed by atoms with van der Waals surface area (Å²) in [5, 5.41) is 0.946. The van der Waals surface area contributed by atoms with Crippen LogP contribution in [0.5, 0.6) is 0 Å². The first-order chi connectivity index (χ1) is 8.45. The van der Waals surface area contributed by atoms with Crippen molar-refractivity contribution in [3.8, 4) is 0 Å². The Bertz CT molecular complexity index is 330. The van der Waals surface area contributed by atoms with Gasteiger partial charge in [-0.25, -0.2) is 12.7 Å². The normalized spacial score (nSPS) is 22.6. The molecule has 0 aromatic carbocycles. The van der Waals surface area contributed by atoms with Crippen LogP contribution in [0.4, 0.5) is 0 Å². The summed E-state index contributed by atoms with van der Waals surface area (Å²) in [4.78, 5) is 0. The quantitative estimate of drug-likeness (QED) is 0.667. The van der Waals surface area contributed by atoms with E-state index in [1.54, 1.807) is 4.31 Å². The van der Waals surface area contributed by atoms with E-state index < -0.39 is 10.0 Å². The van der Waals surface area contributed by atoms with Crippen molar-refractivity contribution in [2.24, 2.45) is 5.92 Å². The summed E-state index contributed by atoms with van der Waals surface area (Å²) >= 11 is 3.43. The number of hydrogen-bond acceptors (Lipinski definition) is 3. The molecule has 1 aliphatic heterocycles. The van der Waals surface area contributed by atoms with Gasteiger partial charge in [0.25, 0.3) is 0 Å². The number of alkyl halides is 1. The molecule has 0 spiro atoms. The molecule has 0 amide bonds.